The summed E-state index contributed by atoms with van der Waals surface area (Å²) < 4.78 is 9.04. The highest BCUT2D eigenvalue weighted by atomic mass is 32.1. The van der Waals surface area contributed by atoms with Gasteiger partial charge in [0.2, 0.25) is 0 Å². The molecule has 2 nitrogen and oxygen atoms in total. The van der Waals surface area contributed by atoms with Gasteiger partial charge < -0.3 is 0 Å². The lowest BCUT2D eigenvalue weighted by Gasteiger charge is -2.06. The molecule has 0 spiro atoms. The van der Waals surface area contributed by atoms with Gasteiger partial charge in [-0.3, -0.25) is 0 Å². The first-order valence-corrected chi connectivity index (χ1v) is 11.3. The first-order valence-electron chi connectivity index (χ1n) is 10.6. The first kappa shape index (κ1) is 19.3. The molecule has 0 saturated heterocycles. The Kier molecular flexibility index (Phi) is 4.81. The van der Waals surface area contributed by atoms with Crippen LogP contribution in [-0.2, 0) is 0 Å². The van der Waals surface area contributed by atoms with E-state index in [2.05, 4.69) is 87.0 Å². The molecule has 0 saturated carbocycles. The molecule has 0 aliphatic heterocycles. The zero-order chi connectivity index (χ0) is 22.0. The second kappa shape index (κ2) is 8.24. The highest BCUT2D eigenvalue weighted by molar-refractivity contribution is 7.00. The van der Waals surface area contributed by atoms with E-state index in [4.69, 9.17) is 0 Å². The third kappa shape index (κ3) is 3.62. The van der Waals surface area contributed by atoms with Crippen LogP contribution < -0.4 is 0 Å². The fraction of sp³-hybridized carbons (Fsp3) is 0. The lowest BCUT2D eigenvalue weighted by atomic mass is 9.97. The van der Waals surface area contributed by atoms with E-state index in [0.717, 1.165) is 44.1 Å². The Morgan fingerprint density at radius 1 is 0.515 bits per heavy atom. The predicted octanol–water partition coefficient (Wildman–Crippen LogP) is 6.80. The number of hydrogen-bond donors (Lipinski definition) is 0. The Morgan fingerprint density at radius 3 is 1.70 bits per heavy atom. The molecule has 6 rings (SSSR count). The van der Waals surface area contributed by atoms with E-state index < -0.39 is 0 Å². The maximum absolute atomic E-state index is 4.53. The summed E-state index contributed by atoms with van der Waals surface area (Å²) in [5.41, 5.74) is 5.34. The van der Waals surface area contributed by atoms with E-state index in [1.165, 1.54) is 22.5 Å². The van der Waals surface area contributed by atoms with Crippen LogP contribution >= 0.6 is 11.7 Å². The average Bonchev–Trinajstić information content (AvgIpc) is 3.37. The van der Waals surface area contributed by atoms with E-state index in [1.807, 2.05) is 42.5 Å². The summed E-state index contributed by atoms with van der Waals surface area (Å²) in [6, 6.07) is 32.9. The van der Waals surface area contributed by atoms with E-state index in [0.29, 0.717) is 0 Å². The molecule has 0 amide bonds. The van der Waals surface area contributed by atoms with Crippen molar-refractivity contribution < 1.29 is 0 Å². The largest absolute Gasteiger partial charge is 0.172 e. The van der Waals surface area contributed by atoms with E-state index in [9.17, 15) is 0 Å². The number of aromatic nitrogens is 2. The molecule has 3 heteroatoms. The maximum atomic E-state index is 4.53. The van der Waals surface area contributed by atoms with Crippen molar-refractivity contribution in [2.24, 2.45) is 0 Å². The molecule has 0 aliphatic carbocycles. The minimum absolute atomic E-state index is 0.803. The molecule has 0 atom stereocenters. The molecule has 0 fully saturated rings. The van der Waals surface area contributed by atoms with Gasteiger partial charge in [-0.2, -0.15) is 8.75 Å². The Hall–Kier alpha value is -4.44. The Balaban J connectivity index is 1.49. The summed E-state index contributed by atoms with van der Waals surface area (Å²) in [4.78, 5) is 0. The topological polar surface area (TPSA) is 25.8 Å². The zero-order valence-electron chi connectivity index (χ0n) is 17.5. The molecule has 0 unspecified atom stereocenters. The monoisotopic (exact) mass is 436 g/mol. The Morgan fingerprint density at radius 2 is 1.06 bits per heavy atom. The van der Waals surface area contributed by atoms with Gasteiger partial charge in [0.15, 0.2) is 0 Å². The van der Waals surface area contributed by atoms with Crippen molar-refractivity contribution in [1.29, 1.82) is 0 Å². The highest BCUT2D eigenvalue weighted by Crippen LogP contribution is 2.28. The van der Waals surface area contributed by atoms with Gasteiger partial charge in [-0.25, -0.2) is 0 Å². The quantitative estimate of drug-likeness (QED) is 0.193. The normalized spacial score (nSPS) is 10.5. The first-order chi connectivity index (χ1) is 16.4. The number of fused-ring (bicyclic) bond motifs is 3. The molecule has 0 N–H and O–H groups in total. The van der Waals surface area contributed by atoms with E-state index in [-0.39, 0.29) is 0 Å². The number of rotatable bonds is 0. The highest BCUT2D eigenvalue weighted by Gasteiger charge is 2.09. The molecule has 152 valence electrons. The van der Waals surface area contributed by atoms with Gasteiger partial charge in [0, 0.05) is 11.1 Å². The van der Waals surface area contributed by atoms with Crippen LogP contribution in [-0.4, -0.2) is 8.75 Å². The summed E-state index contributed by atoms with van der Waals surface area (Å²) >= 11 is 1.19. The van der Waals surface area contributed by atoms with Crippen LogP contribution in [0.15, 0.2) is 97.1 Å². The molecule has 1 aromatic heterocycles. The van der Waals surface area contributed by atoms with Crippen LogP contribution in [0, 0.1) is 23.7 Å². The SMILES string of the molecule is C(#Cc1ccc(C#Cc2c3ccccc3cc3ccccc23)c2nsnc12)c1ccccc1. The number of benzene rings is 5. The van der Waals surface area contributed by atoms with Crippen LogP contribution in [0.2, 0.25) is 0 Å². The van der Waals surface area contributed by atoms with Crippen LogP contribution in [0.1, 0.15) is 22.3 Å². The van der Waals surface area contributed by atoms with Crippen LogP contribution in [0.5, 0.6) is 0 Å². The fourth-order valence-corrected chi connectivity index (χ4v) is 4.58. The standard InChI is InChI=1S/C30H16N2S/c1-2-8-21(9-3-1)14-15-22-16-17-23(30-29(22)31-33-32-30)18-19-28-26-12-6-4-10-24(26)20-25-11-5-7-13-27(25)28/h1-13,16-17,20H. The molecule has 5 aromatic carbocycles. The zero-order valence-corrected chi connectivity index (χ0v) is 18.4. The Bertz CT molecular complexity index is 1720. The van der Waals surface area contributed by atoms with E-state index >= 15 is 0 Å². The van der Waals surface area contributed by atoms with Gasteiger partial charge in [0.1, 0.15) is 11.0 Å². The molecular formula is C30H16N2S. The van der Waals surface area contributed by atoms with Gasteiger partial charge in [0.05, 0.1) is 22.9 Å². The molecule has 0 aliphatic rings. The second-order valence-corrected chi connectivity index (χ2v) is 8.21. The van der Waals surface area contributed by atoms with Crippen molar-refractivity contribution in [3.63, 3.8) is 0 Å². The van der Waals surface area contributed by atoms with Crippen molar-refractivity contribution in [3.05, 3.63) is 119 Å². The second-order valence-electron chi connectivity index (χ2n) is 7.68. The van der Waals surface area contributed by atoms with Crippen LogP contribution in [0.25, 0.3) is 32.6 Å². The summed E-state index contributed by atoms with van der Waals surface area (Å²) in [5.74, 6) is 13.3. The lowest BCUT2D eigenvalue weighted by Crippen LogP contribution is -1.87. The molecule has 0 radical (unpaired) electrons. The van der Waals surface area contributed by atoms with Crippen LogP contribution in [0.3, 0.4) is 0 Å². The fourth-order valence-electron chi connectivity index (χ4n) is 4.01. The predicted molar refractivity (Wildman–Crippen MR) is 137 cm³/mol. The third-order valence-corrected chi connectivity index (χ3v) is 6.15. The smallest absolute Gasteiger partial charge is 0.121 e. The Labute approximate surface area is 195 Å². The third-order valence-electron chi connectivity index (χ3n) is 5.62. The summed E-state index contributed by atoms with van der Waals surface area (Å²) in [6.07, 6.45) is 0. The van der Waals surface area contributed by atoms with Gasteiger partial charge in [-0.1, -0.05) is 90.4 Å². The van der Waals surface area contributed by atoms with Crippen molar-refractivity contribution in [3.8, 4) is 23.7 Å². The summed E-state index contributed by atoms with van der Waals surface area (Å²) in [7, 11) is 0. The van der Waals surface area contributed by atoms with Gasteiger partial charge >= 0.3 is 0 Å². The minimum Gasteiger partial charge on any atom is -0.172 e. The van der Waals surface area contributed by atoms with Crippen molar-refractivity contribution in [2.45, 2.75) is 0 Å². The lowest BCUT2D eigenvalue weighted by molar-refractivity contribution is 1.58. The van der Waals surface area contributed by atoms with Crippen LogP contribution in [0.4, 0.5) is 0 Å². The molecule has 0 bridgehead atoms. The summed E-state index contributed by atoms with van der Waals surface area (Å²) in [5, 5.41) is 4.68. The average molecular weight is 437 g/mol. The molecular weight excluding hydrogens is 420 g/mol. The number of nitrogens with zero attached hydrogens (tertiary/aromatic N) is 2. The van der Waals surface area contributed by atoms with Gasteiger partial charge in [0.25, 0.3) is 0 Å². The van der Waals surface area contributed by atoms with Crippen molar-refractivity contribution in [1.82, 2.24) is 8.75 Å². The van der Waals surface area contributed by atoms with Crippen molar-refractivity contribution in [2.75, 3.05) is 0 Å². The van der Waals surface area contributed by atoms with Gasteiger partial charge in [-0.15, -0.1) is 0 Å². The minimum atomic E-state index is 0.803. The molecule has 1 heterocycles. The van der Waals surface area contributed by atoms with Gasteiger partial charge in [-0.05, 0) is 51.9 Å². The maximum Gasteiger partial charge on any atom is 0.121 e. The molecule has 6 aromatic rings. The molecule has 33 heavy (non-hydrogen) atoms. The van der Waals surface area contributed by atoms with E-state index in [1.54, 1.807) is 0 Å². The van der Waals surface area contributed by atoms with Crippen molar-refractivity contribution >= 4 is 44.3 Å². The number of hydrogen-bond acceptors (Lipinski definition) is 3. The summed E-state index contributed by atoms with van der Waals surface area (Å²) in [6.45, 7) is 0.